The van der Waals surface area contributed by atoms with Crippen molar-refractivity contribution in [3.8, 4) is 0 Å². The number of benzene rings is 1. The second kappa shape index (κ2) is 3.50. The van der Waals surface area contributed by atoms with E-state index in [2.05, 4.69) is 32.0 Å². The van der Waals surface area contributed by atoms with Crippen LogP contribution in [0.3, 0.4) is 0 Å². The van der Waals surface area contributed by atoms with Crippen molar-refractivity contribution < 1.29 is 9.53 Å². The Labute approximate surface area is 108 Å². The minimum Gasteiger partial charge on any atom is -0.440 e. The lowest BCUT2D eigenvalue weighted by atomic mass is 9.71. The molecular formula is C15H19NO2. The van der Waals surface area contributed by atoms with E-state index >= 15 is 0 Å². The molecule has 2 atom stereocenters. The SMILES string of the molecule is CCC1(C)OC(=O)N2CCc3ccccc3C21C. The fourth-order valence-electron chi connectivity index (χ4n) is 3.42. The molecule has 18 heavy (non-hydrogen) atoms. The molecule has 1 fully saturated rings. The summed E-state index contributed by atoms with van der Waals surface area (Å²) in [6.07, 6.45) is 1.57. The minimum absolute atomic E-state index is 0.170. The van der Waals surface area contributed by atoms with Crippen LogP contribution in [0.25, 0.3) is 0 Å². The van der Waals surface area contributed by atoms with E-state index in [0.717, 1.165) is 19.4 Å². The number of fused-ring (bicyclic) bond motifs is 3. The highest BCUT2D eigenvalue weighted by Crippen LogP contribution is 2.51. The van der Waals surface area contributed by atoms with Crippen LogP contribution in [0.15, 0.2) is 24.3 Å². The molecule has 1 aromatic rings. The van der Waals surface area contributed by atoms with Gasteiger partial charge in [-0.15, -0.1) is 0 Å². The summed E-state index contributed by atoms with van der Waals surface area (Å²) in [7, 11) is 0. The van der Waals surface area contributed by atoms with E-state index in [0.29, 0.717) is 0 Å². The van der Waals surface area contributed by atoms with Gasteiger partial charge in [0.1, 0.15) is 11.1 Å². The summed E-state index contributed by atoms with van der Waals surface area (Å²) in [5, 5.41) is 0. The van der Waals surface area contributed by atoms with E-state index in [1.54, 1.807) is 0 Å². The molecule has 2 unspecified atom stereocenters. The molecule has 2 aliphatic rings. The van der Waals surface area contributed by atoms with Crippen LogP contribution in [0.5, 0.6) is 0 Å². The van der Waals surface area contributed by atoms with Crippen LogP contribution >= 0.6 is 0 Å². The Morgan fingerprint density at radius 1 is 1.33 bits per heavy atom. The van der Waals surface area contributed by atoms with E-state index in [1.807, 2.05) is 17.9 Å². The van der Waals surface area contributed by atoms with Gasteiger partial charge in [-0.3, -0.25) is 4.90 Å². The van der Waals surface area contributed by atoms with Crippen molar-refractivity contribution >= 4 is 6.09 Å². The predicted octanol–water partition coefficient (Wildman–Crippen LogP) is 3.08. The van der Waals surface area contributed by atoms with Crippen molar-refractivity contribution in [3.63, 3.8) is 0 Å². The maximum Gasteiger partial charge on any atom is 0.411 e. The molecule has 1 saturated heterocycles. The zero-order valence-electron chi connectivity index (χ0n) is 11.2. The molecule has 2 heterocycles. The van der Waals surface area contributed by atoms with Gasteiger partial charge in [0, 0.05) is 6.54 Å². The quantitative estimate of drug-likeness (QED) is 0.761. The van der Waals surface area contributed by atoms with E-state index in [9.17, 15) is 4.79 Å². The Morgan fingerprint density at radius 2 is 2.06 bits per heavy atom. The fraction of sp³-hybridized carbons (Fsp3) is 0.533. The van der Waals surface area contributed by atoms with Gasteiger partial charge in [0.2, 0.25) is 0 Å². The van der Waals surface area contributed by atoms with Gasteiger partial charge in [-0.2, -0.15) is 0 Å². The Balaban J connectivity index is 2.23. The first-order valence-corrected chi connectivity index (χ1v) is 6.62. The summed E-state index contributed by atoms with van der Waals surface area (Å²) in [4.78, 5) is 14.0. The Hall–Kier alpha value is -1.51. The van der Waals surface area contributed by atoms with Crippen molar-refractivity contribution in [2.24, 2.45) is 0 Å². The predicted molar refractivity (Wildman–Crippen MR) is 69.4 cm³/mol. The first-order valence-electron chi connectivity index (χ1n) is 6.62. The maximum atomic E-state index is 12.1. The van der Waals surface area contributed by atoms with E-state index in [4.69, 9.17) is 4.74 Å². The molecule has 1 aromatic carbocycles. The van der Waals surface area contributed by atoms with Crippen molar-refractivity contribution in [2.45, 2.75) is 44.8 Å². The lowest BCUT2D eigenvalue weighted by molar-refractivity contribution is -0.00115. The number of nitrogens with zero attached hydrogens (tertiary/aromatic N) is 1. The van der Waals surface area contributed by atoms with Gasteiger partial charge in [0.25, 0.3) is 0 Å². The summed E-state index contributed by atoms with van der Waals surface area (Å²) in [5.74, 6) is 0. The van der Waals surface area contributed by atoms with Gasteiger partial charge in [-0.25, -0.2) is 4.79 Å². The Bertz CT molecular complexity index is 513. The third-order valence-electron chi connectivity index (χ3n) is 4.92. The molecule has 3 heteroatoms. The van der Waals surface area contributed by atoms with Crippen LogP contribution in [0.1, 0.15) is 38.3 Å². The lowest BCUT2D eigenvalue weighted by Gasteiger charge is -2.45. The van der Waals surface area contributed by atoms with E-state index in [-0.39, 0.29) is 11.6 Å². The average molecular weight is 245 g/mol. The van der Waals surface area contributed by atoms with Crippen LogP contribution in [-0.2, 0) is 16.7 Å². The first kappa shape index (κ1) is 11.6. The molecule has 2 aliphatic heterocycles. The Morgan fingerprint density at radius 3 is 2.78 bits per heavy atom. The smallest absolute Gasteiger partial charge is 0.411 e. The molecule has 0 N–H and O–H groups in total. The highest BCUT2D eigenvalue weighted by molar-refractivity contribution is 5.74. The Kier molecular flexibility index (Phi) is 2.25. The topological polar surface area (TPSA) is 29.5 Å². The number of carbonyl (C=O) groups excluding carboxylic acids is 1. The second-order valence-corrected chi connectivity index (χ2v) is 5.58. The monoisotopic (exact) mass is 245 g/mol. The van der Waals surface area contributed by atoms with Crippen LogP contribution in [0.4, 0.5) is 4.79 Å². The number of rotatable bonds is 1. The summed E-state index contributed by atoms with van der Waals surface area (Å²) >= 11 is 0. The number of amides is 1. The van der Waals surface area contributed by atoms with Crippen molar-refractivity contribution in [2.75, 3.05) is 6.54 Å². The second-order valence-electron chi connectivity index (χ2n) is 5.58. The molecule has 0 saturated carbocycles. The molecule has 0 radical (unpaired) electrons. The average Bonchev–Trinajstić information content (AvgIpc) is 2.58. The molecule has 96 valence electrons. The maximum absolute atomic E-state index is 12.1. The standard InChI is InChI=1S/C15H19NO2/c1-4-14(2)15(3)12-8-6-5-7-11(12)9-10-16(15)13(17)18-14/h5-8H,4,9-10H2,1-3H3. The van der Waals surface area contributed by atoms with Crippen molar-refractivity contribution in [1.82, 2.24) is 4.90 Å². The number of ether oxygens (including phenoxy) is 1. The summed E-state index contributed by atoms with van der Waals surface area (Å²) in [5.41, 5.74) is 1.80. The van der Waals surface area contributed by atoms with Gasteiger partial charge >= 0.3 is 6.09 Å². The summed E-state index contributed by atoms with van der Waals surface area (Å²) in [6.45, 7) is 7.02. The highest BCUT2D eigenvalue weighted by atomic mass is 16.6. The summed E-state index contributed by atoms with van der Waals surface area (Å²) in [6, 6.07) is 8.42. The summed E-state index contributed by atoms with van der Waals surface area (Å²) < 4.78 is 5.69. The van der Waals surface area contributed by atoms with Crippen LogP contribution in [0.2, 0.25) is 0 Å². The number of hydrogen-bond donors (Lipinski definition) is 0. The molecular weight excluding hydrogens is 226 g/mol. The van der Waals surface area contributed by atoms with Crippen molar-refractivity contribution in [3.05, 3.63) is 35.4 Å². The number of hydrogen-bond acceptors (Lipinski definition) is 2. The normalized spacial score (nSPS) is 33.9. The number of cyclic esters (lactones) is 1. The molecule has 3 rings (SSSR count). The fourth-order valence-corrected chi connectivity index (χ4v) is 3.42. The third-order valence-corrected chi connectivity index (χ3v) is 4.92. The van der Waals surface area contributed by atoms with Crippen molar-refractivity contribution in [1.29, 1.82) is 0 Å². The van der Waals surface area contributed by atoms with Gasteiger partial charge in [-0.1, -0.05) is 31.2 Å². The van der Waals surface area contributed by atoms with Crippen LogP contribution < -0.4 is 0 Å². The van der Waals surface area contributed by atoms with E-state index < -0.39 is 5.60 Å². The van der Waals surface area contributed by atoms with Gasteiger partial charge in [-0.05, 0) is 37.8 Å². The third kappa shape index (κ3) is 1.17. The highest BCUT2D eigenvalue weighted by Gasteiger charge is 2.61. The van der Waals surface area contributed by atoms with Crippen LogP contribution in [0, 0.1) is 0 Å². The van der Waals surface area contributed by atoms with Gasteiger partial charge in [0.05, 0.1) is 0 Å². The largest absolute Gasteiger partial charge is 0.440 e. The van der Waals surface area contributed by atoms with Crippen LogP contribution in [-0.4, -0.2) is 23.1 Å². The molecule has 0 bridgehead atoms. The lowest BCUT2D eigenvalue weighted by Crippen LogP contribution is -2.55. The zero-order chi connectivity index (χ0) is 13.0. The molecule has 0 spiro atoms. The van der Waals surface area contributed by atoms with Gasteiger partial charge in [0.15, 0.2) is 0 Å². The molecule has 1 amide bonds. The number of carbonyl (C=O) groups is 1. The van der Waals surface area contributed by atoms with Gasteiger partial charge < -0.3 is 4.74 Å². The molecule has 0 aromatic heterocycles. The molecule has 0 aliphatic carbocycles. The first-order chi connectivity index (χ1) is 8.53. The zero-order valence-corrected chi connectivity index (χ0v) is 11.2. The van der Waals surface area contributed by atoms with E-state index in [1.165, 1.54) is 11.1 Å². The molecule has 3 nitrogen and oxygen atoms in total. The minimum atomic E-state index is -0.444.